The maximum absolute atomic E-state index is 11.9. The number of carbonyl (C=O) groups excluding carboxylic acids is 1. The van der Waals surface area contributed by atoms with E-state index in [4.69, 9.17) is 0 Å². The summed E-state index contributed by atoms with van der Waals surface area (Å²) in [6, 6.07) is 0. The Kier molecular flexibility index (Phi) is 2.94. The average molecular weight is 290 g/mol. The molecular formula is C19H30O2. The van der Waals surface area contributed by atoms with Crippen LogP contribution in [0.5, 0.6) is 0 Å². The minimum atomic E-state index is -0.411. The van der Waals surface area contributed by atoms with Crippen LogP contribution >= 0.6 is 0 Å². The Morgan fingerprint density at radius 2 is 1.81 bits per heavy atom. The third-order valence-electron chi connectivity index (χ3n) is 8.46. The second-order valence-electron chi connectivity index (χ2n) is 9.11. The minimum Gasteiger partial charge on any atom is -0.389 e. The van der Waals surface area contributed by atoms with Gasteiger partial charge in [-0.3, -0.25) is 4.79 Å². The maximum atomic E-state index is 11.9. The Labute approximate surface area is 128 Å². The molecule has 0 aromatic heterocycles. The molecule has 21 heavy (non-hydrogen) atoms. The third kappa shape index (κ3) is 1.72. The maximum Gasteiger partial charge on any atom is 0.133 e. The third-order valence-corrected chi connectivity index (χ3v) is 8.46. The van der Waals surface area contributed by atoms with Gasteiger partial charge in [0.05, 0.1) is 5.60 Å². The van der Waals surface area contributed by atoms with Gasteiger partial charge in [0.2, 0.25) is 0 Å². The van der Waals surface area contributed by atoms with E-state index >= 15 is 0 Å². The molecule has 118 valence electrons. The van der Waals surface area contributed by atoms with Gasteiger partial charge in [-0.25, -0.2) is 0 Å². The van der Waals surface area contributed by atoms with Crippen LogP contribution in [0.1, 0.15) is 78.1 Å². The van der Waals surface area contributed by atoms with Crippen LogP contribution < -0.4 is 0 Å². The van der Waals surface area contributed by atoms with Gasteiger partial charge in [0, 0.05) is 12.8 Å². The summed E-state index contributed by atoms with van der Waals surface area (Å²) in [4.78, 5) is 11.9. The van der Waals surface area contributed by atoms with Crippen molar-refractivity contribution in [2.24, 2.45) is 28.6 Å². The van der Waals surface area contributed by atoms with Gasteiger partial charge >= 0.3 is 0 Å². The smallest absolute Gasteiger partial charge is 0.133 e. The molecule has 4 fully saturated rings. The van der Waals surface area contributed by atoms with E-state index < -0.39 is 5.60 Å². The molecule has 1 N–H and O–H groups in total. The predicted octanol–water partition coefficient (Wildman–Crippen LogP) is 4.10. The fourth-order valence-electron chi connectivity index (χ4n) is 7.00. The predicted molar refractivity (Wildman–Crippen MR) is 82.8 cm³/mol. The van der Waals surface area contributed by atoms with Crippen LogP contribution in [0.25, 0.3) is 0 Å². The second kappa shape index (κ2) is 4.34. The number of carbonyl (C=O) groups is 1. The Hall–Kier alpha value is -0.370. The summed E-state index contributed by atoms with van der Waals surface area (Å²) in [7, 11) is 0. The van der Waals surface area contributed by atoms with Crippen molar-refractivity contribution in [3.8, 4) is 0 Å². The van der Waals surface area contributed by atoms with E-state index in [1.54, 1.807) is 0 Å². The SMILES string of the molecule is C[C@]12CCC(=O)C[C@H]1CC[C@@H]1[C@@H]2CC[C@@]2(C)CCC[C@@]12O. The van der Waals surface area contributed by atoms with Crippen molar-refractivity contribution in [1.29, 1.82) is 0 Å². The highest BCUT2D eigenvalue weighted by Crippen LogP contribution is 2.67. The van der Waals surface area contributed by atoms with Crippen LogP contribution in [-0.2, 0) is 4.79 Å². The van der Waals surface area contributed by atoms with Gasteiger partial charge in [-0.2, -0.15) is 0 Å². The Balaban J connectivity index is 1.69. The molecule has 0 aliphatic heterocycles. The van der Waals surface area contributed by atoms with Crippen molar-refractivity contribution in [3.05, 3.63) is 0 Å². The fraction of sp³-hybridized carbons (Fsp3) is 0.947. The molecule has 0 bridgehead atoms. The number of rotatable bonds is 0. The summed E-state index contributed by atoms with van der Waals surface area (Å²) < 4.78 is 0. The van der Waals surface area contributed by atoms with Crippen molar-refractivity contribution >= 4 is 5.78 Å². The molecular weight excluding hydrogens is 260 g/mol. The zero-order chi connectivity index (χ0) is 14.9. The molecule has 0 saturated heterocycles. The minimum absolute atomic E-state index is 0.169. The van der Waals surface area contributed by atoms with Gasteiger partial charge in [0.25, 0.3) is 0 Å². The first kappa shape index (κ1) is 14.2. The van der Waals surface area contributed by atoms with E-state index in [9.17, 15) is 9.90 Å². The lowest BCUT2D eigenvalue weighted by molar-refractivity contribution is -0.197. The van der Waals surface area contributed by atoms with Crippen LogP contribution in [0.4, 0.5) is 0 Å². The monoisotopic (exact) mass is 290 g/mol. The van der Waals surface area contributed by atoms with E-state index in [0.29, 0.717) is 29.0 Å². The zero-order valence-corrected chi connectivity index (χ0v) is 13.7. The van der Waals surface area contributed by atoms with Gasteiger partial charge in [0.15, 0.2) is 0 Å². The second-order valence-corrected chi connectivity index (χ2v) is 9.11. The topological polar surface area (TPSA) is 37.3 Å². The molecule has 0 spiro atoms. The molecule has 0 unspecified atom stereocenters. The Bertz CT molecular complexity index is 472. The van der Waals surface area contributed by atoms with E-state index in [0.717, 1.165) is 32.1 Å². The van der Waals surface area contributed by atoms with Gasteiger partial charge in [0.1, 0.15) is 5.78 Å². The molecule has 0 radical (unpaired) electrons. The number of hydrogen-bond donors (Lipinski definition) is 1. The summed E-state index contributed by atoms with van der Waals surface area (Å²) in [5, 5.41) is 11.6. The zero-order valence-electron chi connectivity index (χ0n) is 13.7. The lowest BCUT2D eigenvalue weighted by Gasteiger charge is -2.62. The number of aliphatic hydroxyl groups is 1. The van der Waals surface area contributed by atoms with Crippen LogP contribution in [0, 0.1) is 28.6 Å². The lowest BCUT2D eigenvalue weighted by Crippen LogP contribution is -2.61. The van der Waals surface area contributed by atoms with Crippen LogP contribution in [0.15, 0.2) is 0 Å². The molecule has 0 heterocycles. The normalized spacial score (nSPS) is 56.5. The van der Waals surface area contributed by atoms with Crippen LogP contribution in [0.2, 0.25) is 0 Å². The number of hydrogen-bond acceptors (Lipinski definition) is 2. The summed E-state index contributed by atoms with van der Waals surface area (Å²) in [5.41, 5.74) is 0.0731. The van der Waals surface area contributed by atoms with E-state index in [-0.39, 0.29) is 5.41 Å². The highest BCUT2D eigenvalue weighted by molar-refractivity contribution is 5.79. The molecule has 0 aromatic rings. The molecule has 6 atom stereocenters. The summed E-state index contributed by atoms with van der Waals surface area (Å²) in [6.07, 6.45) is 10.9. The van der Waals surface area contributed by atoms with Crippen molar-refractivity contribution in [1.82, 2.24) is 0 Å². The Morgan fingerprint density at radius 1 is 1.00 bits per heavy atom. The standard InChI is InChI=1S/C19H30O2/c1-17-8-3-9-19(17,21)16-5-4-13-12-14(20)6-11-18(13,2)15(16)7-10-17/h13,15-16,21H,3-12H2,1-2H3/t13-,15+,16-,17-,18+,19-/m1/s1. The van der Waals surface area contributed by atoms with Crippen molar-refractivity contribution in [2.75, 3.05) is 0 Å². The first-order valence-corrected chi connectivity index (χ1v) is 9.13. The Morgan fingerprint density at radius 3 is 2.62 bits per heavy atom. The van der Waals surface area contributed by atoms with Crippen molar-refractivity contribution < 1.29 is 9.90 Å². The van der Waals surface area contributed by atoms with E-state index in [1.165, 1.54) is 32.1 Å². The highest BCUT2D eigenvalue weighted by atomic mass is 16.3. The molecule has 4 saturated carbocycles. The fourth-order valence-corrected chi connectivity index (χ4v) is 7.00. The van der Waals surface area contributed by atoms with Crippen molar-refractivity contribution in [2.45, 2.75) is 83.7 Å². The van der Waals surface area contributed by atoms with E-state index in [1.807, 2.05) is 0 Å². The first-order chi connectivity index (χ1) is 9.89. The molecule has 4 aliphatic rings. The first-order valence-electron chi connectivity index (χ1n) is 9.13. The molecule has 4 rings (SSSR count). The quantitative estimate of drug-likeness (QED) is 0.729. The van der Waals surface area contributed by atoms with E-state index in [2.05, 4.69) is 13.8 Å². The van der Waals surface area contributed by atoms with Gasteiger partial charge in [-0.15, -0.1) is 0 Å². The lowest BCUT2D eigenvalue weighted by atomic mass is 9.44. The summed E-state index contributed by atoms with van der Waals surface area (Å²) >= 11 is 0. The summed E-state index contributed by atoms with van der Waals surface area (Å²) in [5.74, 6) is 2.22. The number of fused-ring (bicyclic) bond motifs is 5. The molecule has 4 aliphatic carbocycles. The molecule has 2 nitrogen and oxygen atoms in total. The summed E-state index contributed by atoms with van der Waals surface area (Å²) in [6.45, 7) is 4.79. The highest BCUT2D eigenvalue weighted by Gasteiger charge is 2.64. The van der Waals surface area contributed by atoms with Gasteiger partial charge in [-0.05, 0) is 80.0 Å². The molecule has 2 heteroatoms. The molecule has 0 amide bonds. The van der Waals surface area contributed by atoms with Gasteiger partial charge < -0.3 is 5.11 Å². The largest absolute Gasteiger partial charge is 0.389 e. The van der Waals surface area contributed by atoms with Crippen LogP contribution in [-0.4, -0.2) is 16.5 Å². The number of Topliss-reactive ketones (excluding diaryl/α,β-unsaturated/α-hetero) is 1. The number of ketones is 1. The van der Waals surface area contributed by atoms with Gasteiger partial charge in [-0.1, -0.05) is 13.8 Å². The van der Waals surface area contributed by atoms with Crippen molar-refractivity contribution in [3.63, 3.8) is 0 Å². The van der Waals surface area contributed by atoms with Crippen LogP contribution in [0.3, 0.4) is 0 Å². The molecule has 0 aromatic carbocycles. The average Bonchev–Trinajstić information content (AvgIpc) is 2.75.